The molecule has 1 N–H and O–H groups in total. The molecule has 3 rings (SSSR count). The minimum Gasteiger partial charge on any atom is -0.308 e. The quantitative estimate of drug-likeness (QED) is 0.816. The molecule has 0 aromatic heterocycles. The van der Waals surface area contributed by atoms with Crippen LogP contribution in [0.4, 0.5) is 4.39 Å². The van der Waals surface area contributed by atoms with Crippen molar-refractivity contribution in [3.8, 4) is 0 Å². The van der Waals surface area contributed by atoms with Gasteiger partial charge in [0.15, 0.2) is 19.7 Å². The Bertz CT molecular complexity index is 1050. The second kappa shape index (κ2) is 7.33. The Hall–Kier alpha value is -1.77. The van der Waals surface area contributed by atoms with Gasteiger partial charge in [-0.25, -0.2) is 21.2 Å². The van der Waals surface area contributed by atoms with E-state index < -0.39 is 47.4 Å². The molecule has 1 fully saturated rings. The number of benzene rings is 2. The number of rotatable bonds is 5. The first-order valence-electron chi connectivity index (χ1n) is 8.58. The van der Waals surface area contributed by atoms with Crippen molar-refractivity contribution in [1.82, 2.24) is 5.32 Å². The molecule has 0 spiro atoms. The van der Waals surface area contributed by atoms with Gasteiger partial charge >= 0.3 is 0 Å². The zero-order chi connectivity index (χ0) is 19.8. The van der Waals surface area contributed by atoms with Gasteiger partial charge in [-0.05, 0) is 37.1 Å². The molecular weight excluding hydrogens is 389 g/mol. The van der Waals surface area contributed by atoms with Gasteiger partial charge in [0.1, 0.15) is 10.7 Å². The lowest BCUT2D eigenvalue weighted by atomic mass is 10.1. The Kier molecular flexibility index (Phi) is 5.42. The Morgan fingerprint density at radius 3 is 2.33 bits per heavy atom. The molecule has 5 nitrogen and oxygen atoms in total. The highest BCUT2D eigenvalue weighted by Gasteiger charge is 2.46. The summed E-state index contributed by atoms with van der Waals surface area (Å²) in [6.45, 7) is 3.96. The molecule has 0 aliphatic carbocycles. The van der Waals surface area contributed by atoms with Crippen LogP contribution in [-0.2, 0) is 26.2 Å². The molecular formula is C19H22FNO4S2. The van der Waals surface area contributed by atoms with Crippen LogP contribution in [0.25, 0.3) is 0 Å². The number of hydrogen-bond acceptors (Lipinski definition) is 5. The fourth-order valence-corrected chi connectivity index (χ4v) is 8.13. The van der Waals surface area contributed by atoms with Crippen molar-refractivity contribution in [2.24, 2.45) is 0 Å². The van der Waals surface area contributed by atoms with E-state index in [2.05, 4.69) is 5.32 Å². The maximum atomic E-state index is 14.2. The first kappa shape index (κ1) is 20.0. The highest BCUT2D eigenvalue weighted by Crippen LogP contribution is 2.28. The molecule has 27 heavy (non-hydrogen) atoms. The summed E-state index contributed by atoms with van der Waals surface area (Å²) in [5, 5.41) is 1.83. The van der Waals surface area contributed by atoms with Gasteiger partial charge in [0.25, 0.3) is 0 Å². The third kappa shape index (κ3) is 4.39. The zero-order valence-electron chi connectivity index (χ0n) is 15.1. The summed E-state index contributed by atoms with van der Waals surface area (Å²) in [5.41, 5.74) is 2.61. The molecule has 0 unspecified atom stereocenters. The maximum Gasteiger partial charge on any atom is 0.186 e. The second-order valence-corrected chi connectivity index (χ2v) is 11.4. The number of halogens is 1. The second-order valence-electron chi connectivity index (χ2n) is 7.07. The van der Waals surface area contributed by atoms with Crippen molar-refractivity contribution in [3.63, 3.8) is 0 Å². The molecule has 0 bridgehead atoms. The van der Waals surface area contributed by atoms with E-state index in [0.29, 0.717) is 12.1 Å². The molecule has 1 saturated heterocycles. The fraction of sp³-hybridized carbons (Fsp3) is 0.368. The summed E-state index contributed by atoms with van der Waals surface area (Å²) in [4.78, 5) is -0.438. The Balaban J connectivity index is 1.89. The van der Waals surface area contributed by atoms with Gasteiger partial charge in [0, 0.05) is 12.6 Å². The Morgan fingerprint density at radius 1 is 1.04 bits per heavy atom. The van der Waals surface area contributed by atoms with Crippen LogP contribution in [0.3, 0.4) is 0 Å². The van der Waals surface area contributed by atoms with Crippen LogP contribution in [0.1, 0.15) is 16.7 Å². The van der Waals surface area contributed by atoms with Crippen molar-refractivity contribution in [2.45, 2.75) is 36.6 Å². The monoisotopic (exact) mass is 411 g/mol. The molecule has 8 heteroatoms. The molecule has 2 aromatic rings. The largest absolute Gasteiger partial charge is 0.308 e. The van der Waals surface area contributed by atoms with Gasteiger partial charge in [-0.2, -0.15) is 0 Å². The average Bonchev–Trinajstić information content (AvgIpc) is 2.92. The van der Waals surface area contributed by atoms with E-state index in [0.717, 1.165) is 17.2 Å². The molecule has 0 radical (unpaired) electrons. The Morgan fingerprint density at radius 2 is 1.67 bits per heavy atom. The minimum absolute atomic E-state index is 0.282. The fourth-order valence-electron chi connectivity index (χ4n) is 3.26. The summed E-state index contributed by atoms with van der Waals surface area (Å²) < 4.78 is 64.5. The predicted molar refractivity (Wildman–Crippen MR) is 103 cm³/mol. The van der Waals surface area contributed by atoms with Gasteiger partial charge in [0.05, 0.1) is 16.8 Å². The van der Waals surface area contributed by atoms with Crippen LogP contribution in [0.15, 0.2) is 47.4 Å². The summed E-state index contributed by atoms with van der Waals surface area (Å²) in [6, 6.07) is 10.7. The third-order valence-corrected chi connectivity index (χ3v) is 8.94. The van der Waals surface area contributed by atoms with Crippen molar-refractivity contribution < 1.29 is 21.2 Å². The average molecular weight is 412 g/mol. The van der Waals surface area contributed by atoms with Crippen molar-refractivity contribution in [2.75, 3.05) is 11.5 Å². The number of nitrogens with one attached hydrogen (secondary N) is 1. The van der Waals surface area contributed by atoms with Gasteiger partial charge in [-0.15, -0.1) is 0 Å². The van der Waals surface area contributed by atoms with E-state index in [9.17, 15) is 21.2 Å². The summed E-state index contributed by atoms with van der Waals surface area (Å²) in [6.07, 6.45) is 0. The number of hydrogen-bond donors (Lipinski definition) is 1. The normalized spacial score (nSPS) is 22.0. The van der Waals surface area contributed by atoms with E-state index in [1.165, 1.54) is 12.1 Å². The topological polar surface area (TPSA) is 80.3 Å². The number of aryl methyl sites for hydroxylation is 2. The van der Waals surface area contributed by atoms with Crippen molar-refractivity contribution in [3.05, 3.63) is 65.0 Å². The highest BCUT2D eigenvalue weighted by atomic mass is 32.2. The van der Waals surface area contributed by atoms with Crippen LogP contribution in [0.2, 0.25) is 0 Å². The highest BCUT2D eigenvalue weighted by molar-refractivity contribution is 7.96. The SMILES string of the molecule is Cc1ccc(CN[C@H]2CS(=O)(=O)C[C@@H]2S(=O)(=O)c2cc(C)ccc2F)cc1. The molecule has 1 aliphatic heterocycles. The summed E-state index contributed by atoms with van der Waals surface area (Å²) in [5.74, 6) is -1.65. The van der Waals surface area contributed by atoms with Crippen LogP contribution in [-0.4, -0.2) is 39.6 Å². The summed E-state index contributed by atoms with van der Waals surface area (Å²) in [7, 11) is -7.67. The van der Waals surface area contributed by atoms with Gasteiger partial charge < -0.3 is 5.32 Å². The predicted octanol–water partition coefficient (Wildman–Crippen LogP) is 2.17. The first-order chi connectivity index (χ1) is 12.6. The van der Waals surface area contributed by atoms with E-state index in [1.54, 1.807) is 6.92 Å². The molecule has 0 amide bonds. The number of sulfone groups is 2. The first-order valence-corrected chi connectivity index (χ1v) is 11.9. The Labute approximate surface area is 159 Å². The lowest BCUT2D eigenvalue weighted by Gasteiger charge is -2.20. The van der Waals surface area contributed by atoms with Crippen LogP contribution >= 0.6 is 0 Å². The zero-order valence-corrected chi connectivity index (χ0v) is 16.8. The van der Waals surface area contributed by atoms with E-state index in [1.807, 2.05) is 31.2 Å². The lowest BCUT2D eigenvalue weighted by molar-refractivity contribution is 0.518. The molecule has 2 aromatic carbocycles. The lowest BCUT2D eigenvalue weighted by Crippen LogP contribution is -2.43. The van der Waals surface area contributed by atoms with Crippen LogP contribution in [0.5, 0.6) is 0 Å². The van der Waals surface area contributed by atoms with Gasteiger partial charge in [-0.3, -0.25) is 0 Å². The molecule has 1 aliphatic rings. The summed E-state index contributed by atoms with van der Waals surface area (Å²) >= 11 is 0. The van der Waals surface area contributed by atoms with Crippen LogP contribution in [0, 0.1) is 19.7 Å². The molecule has 0 saturated carbocycles. The van der Waals surface area contributed by atoms with Crippen LogP contribution < -0.4 is 5.32 Å². The molecule has 2 atom stereocenters. The van der Waals surface area contributed by atoms with Crippen molar-refractivity contribution in [1.29, 1.82) is 0 Å². The third-order valence-electron chi connectivity index (χ3n) is 4.78. The van der Waals surface area contributed by atoms with E-state index in [-0.39, 0.29) is 5.75 Å². The molecule has 146 valence electrons. The minimum atomic E-state index is -4.14. The standard InChI is InChI=1S/C19H22FNO4S2/c1-13-3-6-15(7-4-13)10-21-17-11-26(22,23)12-19(17)27(24,25)18-9-14(2)5-8-16(18)20/h3-9,17,19,21H,10-12H2,1-2H3/t17-,19-/m0/s1. The molecule has 1 heterocycles. The maximum absolute atomic E-state index is 14.2. The van der Waals surface area contributed by atoms with Gasteiger partial charge in [0.2, 0.25) is 0 Å². The van der Waals surface area contributed by atoms with E-state index >= 15 is 0 Å². The van der Waals surface area contributed by atoms with E-state index in [4.69, 9.17) is 0 Å². The van der Waals surface area contributed by atoms with Gasteiger partial charge in [-0.1, -0.05) is 35.9 Å². The smallest absolute Gasteiger partial charge is 0.186 e. The van der Waals surface area contributed by atoms with Crippen molar-refractivity contribution >= 4 is 19.7 Å².